The summed E-state index contributed by atoms with van der Waals surface area (Å²) in [6.07, 6.45) is 1.74. The molecule has 0 saturated carbocycles. The number of methoxy groups -OCH3 is 1. The summed E-state index contributed by atoms with van der Waals surface area (Å²) in [5.41, 5.74) is 7.01. The molecule has 0 heterocycles. The molecule has 3 heteroatoms. The Hall–Kier alpha value is -0.930. The van der Waals surface area contributed by atoms with E-state index in [4.69, 9.17) is 10.5 Å². The monoisotopic (exact) mass is 211 g/mol. The van der Waals surface area contributed by atoms with Gasteiger partial charge in [0.05, 0.1) is 6.10 Å². The normalized spacial score (nSPS) is 14.9. The molecular formula is C12H18FNO. The van der Waals surface area contributed by atoms with E-state index in [1.54, 1.807) is 19.2 Å². The minimum absolute atomic E-state index is 0.0606. The molecule has 0 radical (unpaired) electrons. The van der Waals surface area contributed by atoms with Crippen LogP contribution in [-0.2, 0) is 11.2 Å². The summed E-state index contributed by atoms with van der Waals surface area (Å²) in [5, 5.41) is 0. The van der Waals surface area contributed by atoms with E-state index >= 15 is 0 Å². The largest absolute Gasteiger partial charge is 0.382 e. The first-order valence-corrected chi connectivity index (χ1v) is 5.14. The molecule has 1 aromatic carbocycles. The van der Waals surface area contributed by atoms with Gasteiger partial charge in [0.25, 0.3) is 0 Å². The molecule has 0 spiro atoms. The summed E-state index contributed by atoms with van der Waals surface area (Å²) in [6.45, 7) is 1.99. The Balaban J connectivity index is 2.44. The molecular weight excluding hydrogens is 193 g/mol. The molecule has 2 unspecified atom stereocenters. The minimum atomic E-state index is -0.211. The number of benzene rings is 1. The summed E-state index contributed by atoms with van der Waals surface area (Å²) in [4.78, 5) is 0. The molecule has 0 amide bonds. The molecule has 0 aliphatic heterocycles. The fraction of sp³-hybridized carbons (Fsp3) is 0.500. The van der Waals surface area contributed by atoms with Crippen LogP contribution < -0.4 is 5.73 Å². The number of hydrogen-bond donors (Lipinski definition) is 1. The lowest BCUT2D eigenvalue weighted by Gasteiger charge is -2.16. The van der Waals surface area contributed by atoms with Crippen molar-refractivity contribution in [2.75, 3.05) is 7.11 Å². The first-order chi connectivity index (χ1) is 7.11. The Kier molecular flexibility index (Phi) is 4.72. The van der Waals surface area contributed by atoms with Crippen molar-refractivity contribution in [2.24, 2.45) is 5.73 Å². The lowest BCUT2D eigenvalue weighted by Crippen LogP contribution is -2.27. The number of nitrogens with two attached hydrogens (primary N) is 1. The van der Waals surface area contributed by atoms with Crippen LogP contribution >= 0.6 is 0 Å². The van der Waals surface area contributed by atoms with Crippen LogP contribution in [0.3, 0.4) is 0 Å². The van der Waals surface area contributed by atoms with Crippen molar-refractivity contribution < 1.29 is 9.13 Å². The fourth-order valence-electron chi connectivity index (χ4n) is 1.53. The van der Waals surface area contributed by atoms with Crippen LogP contribution in [0.15, 0.2) is 24.3 Å². The van der Waals surface area contributed by atoms with E-state index in [1.807, 2.05) is 6.92 Å². The third-order valence-corrected chi connectivity index (χ3v) is 2.45. The maximum Gasteiger partial charge on any atom is 0.123 e. The predicted molar refractivity (Wildman–Crippen MR) is 59.2 cm³/mol. The molecule has 0 fully saturated rings. The summed E-state index contributed by atoms with van der Waals surface area (Å²) < 4.78 is 17.8. The summed E-state index contributed by atoms with van der Waals surface area (Å²) in [5.74, 6) is -0.211. The lowest BCUT2D eigenvalue weighted by molar-refractivity contribution is 0.104. The second-order valence-corrected chi connectivity index (χ2v) is 3.87. The maximum absolute atomic E-state index is 12.6. The van der Waals surface area contributed by atoms with Gasteiger partial charge in [-0.3, -0.25) is 0 Å². The third-order valence-electron chi connectivity index (χ3n) is 2.45. The highest BCUT2D eigenvalue weighted by molar-refractivity contribution is 5.17. The molecule has 2 nitrogen and oxygen atoms in total. The zero-order valence-corrected chi connectivity index (χ0v) is 9.24. The second-order valence-electron chi connectivity index (χ2n) is 3.87. The van der Waals surface area contributed by atoms with Gasteiger partial charge in [0, 0.05) is 13.2 Å². The van der Waals surface area contributed by atoms with Crippen LogP contribution in [0.1, 0.15) is 18.9 Å². The van der Waals surface area contributed by atoms with Gasteiger partial charge >= 0.3 is 0 Å². The van der Waals surface area contributed by atoms with Crippen molar-refractivity contribution in [1.29, 1.82) is 0 Å². The van der Waals surface area contributed by atoms with E-state index < -0.39 is 0 Å². The molecule has 2 N–H and O–H groups in total. The lowest BCUT2D eigenvalue weighted by atomic mass is 10.0. The highest BCUT2D eigenvalue weighted by Gasteiger charge is 2.08. The topological polar surface area (TPSA) is 35.2 Å². The molecule has 1 rings (SSSR count). The second kappa shape index (κ2) is 5.83. The van der Waals surface area contributed by atoms with Crippen molar-refractivity contribution in [3.63, 3.8) is 0 Å². The van der Waals surface area contributed by atoms with E-state index in [0.717, 1.165) is 18.4 Å². The van der Waals surface area contributed by atoms with Crippen LogP contribution in [0.4, 0.5) is 4.39 Å². The van der Waals surface area contributed by atoms with Crippen molar-refractivity contribution in [2.45, 2.75) is 31.9 Å². The van der Waals surface area contributed by atoms with Gasteiger partial charge in [-0.2, -0.15) is 0 Å². The predicted octanol–water partition coefficient (Wildman–Crippen LogP) is 2.12. The van der Waals surface area contributed by atoms with E-state index in [2.05, 4.69) is 0 Å². The van der Waals surface area contributed by atoms with Gasteiger partial charge in [-0.05, 0) is 37.5 Å². The number of hydrogen-bond acceptors (Lipinski definition) is 2. The van der Waals surface area contributed by atoms with E-state index in [-0.39, 0.29) is 18.0 Å². The molecule has 0 bridgehead atoms. The fourth-order valence-corrected chi connectivity index (χ4v) is 1.53. The van der Waals surface area contributed by atoms with Crippen LogP contribution in [0.2, 0.25) is 0 Å². The van der Waals surface area contributed by atoms with Gasteiger partial charge in [0.15, 0.2) is 0 Å². The van der Waals surface area contributed by atoms with Crippen molar-refractivity contribution in [1.82, 2.24) is 0 Å². The molecule has 15 heavy (non-hydrogen) atoms. The quantitative estimate of drug-likeness (QED) is 0.809. The molecule has 0 aromatic heterocycles. The summed E-state index contributed by atoms with van der Waals surface area (Å²) in [7, 11) is 1.68. The van der Waals surface area contributed by atoms with Gasteiger partial charge < -0.3 is 10.5 Å². The highest BCUT2D eigenvalue weighted by atomic mass is 19.1. The van der Waals surface area contributed by atoms with Crippen LogP contribution in [0.5, 0.6) is 0 Å². The van der Waals surface area contributed by atoms with Gasteiger partial charge in [-0.15, -0.1) is 0 Å². The molecule has 1 aromatic rings. The molecule has 84 valence electrons. The van der Waals surface area contributed by atoms with E-state index in [9.17, 15) is 4.39 Å². The third kappa shape index (κ3) is 4.40. The Labute approximate surface area is 90.2 Å². The standard InChI is InChI=1S/C12H18FNO/c1-9(15-2)7-12(14)8-10-3-5-11(13)6-4-10/h3-6,9,12H,7-8,14H2,1-2H3. The first-order valence-electron chi connectivity index (χ1n) is 5.14. The zero-order valence-electron chi connectivity index (χ0n) is 9.24. The van der Waals surface area contributed by atoms with Gasteiger partial charge in [0.2, 0.25) is 0 Å². The van der Waals surface area contributed by atoms with Gasteiger partial charge in [0.1, 0.15) is 5.82 Å². The molecule has 0 aliphatic rings. The Bertz CT molecular complexity index is 286. The van der Waals surface area contributed by atoms with Crippen LogP contribution in [0.25, 0.3) is 0 Å². The SMILES string of the molecule is COC(C)CC(N)Cc1ccc(F)cc1. The smallest absolute Gasteiger partial charge is 0.123 e. The highest BCUT2D eigenvalue weighted by Crippen LogP contribution is 2.08. The Morgan fingerprint density at radius 1 is 1.33 bits per heavy atom. The Morgan fingerprint density at radius 2 is 1.93 bits per heavy atom. The Morgan fingerprint density at radius 3 is 2.47 bits per heavy atom. The number of ether oxygens (including phenoxy) is 1. The van der Waals surface area contributed by atoms with Crippen LogP contribution in [0, 0.1) is 5.82 Å². The summed E-state index contributed by atoms with van der Waals surface area (Å²) in [6, 6.07) is 6.52. The van der Waals surface area contributed by atoms with Crippen LogP contribution in [-0.4, -0.2) is 19.3 Å². The zero-order chi connectivity index (χ0) is 11.3. The maximum atomic E-state index is 12.6. The van der Waals surface area contributed by atoms with Crippen molar-refractivity contribution in [3.8, 4) is 0 Å². The number of halogens is 1. The minimum Gasteiger partial charge on any atom is -0.382 e. The van der Waals surface area contributed by atoms with Gasteiger partial charge in [-0.1, -0.05) is 12.1 Å². The first kappa shape index (κ1) is 12.1. The molecule has 2 atom stereocenters. The van der Waals surface area contributed by atoms with Crippen molar-refractivity contribution in [3.05, 3.63) is 35.6 Å². The molecule has 0 aliphatic carbocycles. The van der Waals surface area contributed by atoms with E-state index in [0.29, 0.717) is 0 Å². The average molecular weight is 211 g/mol. The molecule has 0 saturated heterocycles. The van der Waals surface area contributed by atoms with Gasteiger partial charge in [-0.25, -0.2) is 4.39 Å². The van der Waals surface area contributed by atoms with Crippen molar-refractivity contribution >= 4 is 0 Å². The average Bonchev–Trinajstić information content (AvgIpc) is 2.21. The number of rotatable bonds is 5. The van der Waals surface area contributed by atoms with E-state index in [1.165, 1.54) is 12.1 Å². The summed E-state index contributed by atoms with van der Waals surface area (Å²) >= 11 is 0.